The minimum absolute atomic E-state index is 0.0450. The summed E-state index contributed by atoms with van der Waals surface area (Å²) in [6, 6.07) is 20.9. The number of aryl methyl sites for hydroxylation is 3. The van der Waals surface area contributed by atoms with E-state index in [9.17, 15) is 9.59 Å². The summed E-state index contributed by atoms with van der Waals surface area (Å²) < 4.78 is 3.40. The van der Waals surface area contributed by atoms with E-state index >= 15 is 0 Å². The summed E-state index contributed by atoms with van der Waals surface area (Å²) in [7, 11) is 0. The molecule has 34 heavy (non-hydrogen) atoms. The highest BCUT2D eigenvalue weighted by atomic mass is 16.2. The number of hydrogen-bond acceptors (Lipinski definition) is 3. The van der Waals surface area contributed by atoms with Crippen LogP contribution in [0.15, 0.2) is 77.7 Å². The van der Waals surface area contributed by atoms with Crippen LogP contribution in [0.5, 0.6) is 0 Å². The Morgan fingerprint density at radius 1 is 0.971 bits per heavy atom. The molecule has 0 aliphatic heterocycles. The van der Waals surface area contributed by atoms with Gasteiger partial charge in [-0.25, -0.2) is 4.98 Å². The second-order valence-electron chi connectivity index (χ2n) is 8.77. The molecular weight excluding hydrogens is 422 g/mol. The molecule has 0 radical (unpaired) electrons. The van der Waals surface area contributed by atoms with Crippen molar-refractivity contribution in [1.29, 1.82) is 0 Å². The highest BCUT2D eigenvalue weighted by Gasteiger charge is 2.17. The fraction of sp³-hybridized carbons (Fsp3) is 0.207. The Labute approximate surface area is 198 Å². The van der Waals surface area contributed by atoms with Crippen LogP contribution in [0.1, 0.15) is 47.1 Å². The summed E-state index contributed by atoms with van der Waals surface area (Å²) in [6.07, 6.45) is 4.48. The number of hydrogen-bond donors (Lipinski definition) is 0. The van der Waals surface area contributed by atoms with Crippen molar-refractivity contribution in [3.63, 3.8) is 0 Å². The van der Waals surface area contributed by atoms with Gasteiger partial charge in [0.2, 0.25) is 0 Å². The van der Waals surface area contributed by atoms with Crippen molar-refractivity contribution in [3.05, 3.63) is 106 Å². The van der Waals surface area contributed by atoms with Crippen LogP contribution in [0.25, 0.3) is 27.5 Å². The Kier molecular flexibility index (Phi) is 5.62. The lowest BCUT2D eigenvalue weighted by atomic mass is 10.0. The van der Waals surface area contributed by atoms with Crippen molar-refractivity contribution < 1.29 is 4.79 Å². The minimum atomic E-state index is -0.0809. The zero-order chi connectivity index (χ0) is 23.8. The first-order valence-corrected chi connectivity index (χ1v) is 11.7. The Morgan fingerprint density at radius 3 is 2.53 bits per heavy atom. The fourth-order valence-corrected chi connectivity index (χ4v) is 4.52. The fourth-order valence-electron chi connectivity index (χ4n) is 4.52. The predicted molar refractivity (Wildman–Crippen MR) is 137 cm³/mol. The molecule has 0 aliphatic carbocycles. The summed E-state index contributed by atoms with van der Waals surface area (Å²) in [6.45, 7) is 6.13. The van der Waals surface area contributed by atoms with E-state index in [-0.39, 0.29) is 11.5 Å². The number of unbranched alkanes of at least 4 members (excludes halogenated alkanes) is 1. The molecule has 0 N–H and O–H groups in total. The number of carbonyl (C=O) groups is 1. The third-order valence-corrected chi connectivity index (χ3v) is 6.56. The summed E-state index contributed by atoms with van der Waals surface area (Å²) in [4.78, 5) is 31.7. The van der Waals surface area contributed by atoms with Gasteiger partial charge in [-0.3, -0.25) is 18.7 Å². The average molecular weight is 450 g/mol. The number of benzene rings is 3. The smallest absolute Gasteiger partial charge is 0.266 e. The zero-order valence-electron chi connectivity index (χ0n) is 19.7. The maximum Gasteiger partial charge on any atom is 0.266 e. The summed E-state index contributed by atoms with van der Waals surface area (Å²) in [5, 5.41) is 1.56. The van der Waals surface area contributed by atoms with Crippen LogP contribution < -0.4 is 5.56 Å². The Balaban J connectivity index is 1.68. The molecule has 5 nitrogen and oxygen atoms in total. The van der Waals surface area contributed by atoms with Gasteiger partial charge in [0.1, 0.15) is 5.82 Å². The highest BCUT2D eigenvalue weighted by Crippen LogP contribution is 2.24. The molecule has 0 amide bonds. The summed E-state index contributed by atoms with van der Waals surface area (Å²) >= 11 is 0. The van der Waals surface area contributed by atoms with Crippen molar-refractivity contribution in [1.82, 2.24) is 14.1 Å². The van der Waals surface area contributed by atoms with E-state index in [4.69, 9.17) is 4.98 Å². The van der Waals surface area contributed by atoms with Gasteiger partial charge in [0.05, 0.1) is 22.1 Å². The molecule has 3 aromatic carbocycles. The van der Waals surface area contributed by atoms with Gasteiger partial charge >= 0.3 is 0 Å². The van der Waals surface area contributed by atoms with Gasteiger partial charge in [-0.05, 0) is 73.9 Å². The highest BCUT2D eigenvalue weighted by molar-refractivity contribution is 6.02. The van der Waals surface area contributed by atoms with Gasteiger partial charge in [0.15, 0.2) is 0 Å². The number of carbonyl (C=O) groups excluding carboxylic acids is 1. The maximum atomic E-state index is 13.8. The SMILES string of the molecule is CCCCc1nc2ccc(C)c(C)c2c(=O)n1-c1ccc2c(ccn2C(=O)c2ccccc2)c1. The van der Waals surface area contributed by atoms with Gasteiger partial charge in [0, 0.05) is 23.6 Å². The first-order valence-electron chi connectivity index (χ1n) is 11.7. The van der Waals surface area contributed by atoms with Crippen LogP contribution in [0.3, 0.4) is 0 Å². The molecule has 2 aromatic heterocycles. The van der Waals surface area contributed by atoms with E-state index < -0.39 is 0 Å². The van der Waals surface area contributed by atoms with E-state index in [1.807, 2.05) is 80.6 Å². The van der Waals surface area contributed by atoms with E-state index in [0.717, 1.165) is 58.3 Å². The average Bonchev–Trinajstić information content (AvgIpc) is 3.28. The number of nitrogens with zero attached hydrogens (tertiary/aromatic N) is 3. The van der Waals surface area contributed by atoms with E-state index in [1.54, 1.807) is 15.3 Å². The molecule has 5 rings (SSSR count). The molecule has 0 unspecified atom stereocenters. The zero-order valence-corrected chi connectivity index (χ0v) is 19.7. The Bertz CT molecular complexity index is 1590. The molecule has 5 heteroatoms. The molecule has 0 aliphatic rings. The molecular formula is C29H27N3O2. The van der Waals surface area contributed by atoms with Crippen LogP contribution >= 0.6 is 0 Å². The number of rotatable bonds is 5. The van der Waals surface area contributed by atoms with Crippen LogP contribution in [-0.4, -0.2) is 20.0 Å². The molecule has 0 spiro atoms. The summed E-state index contributed by atoms with van der Waals surface area (Å²) in [5.41, 5.74) is 4.95. The molecule has 0 saturated carbocycles. The molecule has 2 heterocycles. The molecule has 5 aromatic rings. The van der Waals surface area contributed by atoms with Gasteiger partial charge in [0.25, 0.3) is 11.5 Å². The first kappa shape index (κ1) is 21.8. The molecule has 170 valence electrons. The van der Waals surface area contributed by atoms with Crippen molar-refractivity contribution in [2.75, 3.05) is 0 Å². The quantitative estimate of drug-likeness (QED) is 0.331. The van der Waals surface area contributed by atoms with Gasteiger partial charge in [-0.15, -0.1) is 0 Å². The van der Waals surface area contributed by atoms with Gasteiger partial charge in [-0.1, -0.05) is 37.6 Å². The third-order valence-electron chi connectivity index (χ3n) is 6.56. The largest absolute Gasteiger partial charge is 0.283 e. The molecule has 0 bridgehead atoms. The Hall–Kier alpha value is -3.99. The second kappa shape index (κ2) is 8.75. The van der Waals surface area contributed by atoms with Crippen molar-refractivity contribution >= 4 is 27.7 Å². The van der Waals surface area contributed by atoms with E-state index in [2.05, 4.69) is 6.92 Å². The normalized spacial score (nSPS) is 11.4. The van der Waals surface area contributed by atoms with Gasteiger partial charge < -0.3 is 0 Å². The van der Waals surface area contributed by atoms with E-state index in [0.29, 0.717) is 10.9 Å². The standard InChI is InChI=1S/C29H27N3O2/c1-4-5-11-26-30-24-14-12-19(2)20(3)27(24)29(34)32(26)23-13-15-25-22(18-23)16-17-31(25)28(33)21-9-7-6-8-10-21/h6-10,12-18H,4-5,11H2,1-3H3. The number of fused-ring (bicyclic) bond motifs is 2. The van der Waals surface area contributed by atoms with Crippen molar-refractivity contribution in [2.24, 2.45) is 0 Å². The van der Waals surface area contributed by atoms with Crippen molar-refractivity contribution in [3.8, 4) is 5.69 Å². The third kappa shape index (κ3) is 3.63. The first-order chi connectivity index (χ1) is 16.5. The topological polar surface area (TPSA) is 56.9 Å². The molecule has 0 fully saturated rings. The van der Waals surface area contributed by atoms with Crippen molar-refractivity contribution in [2.45, 2.75) is 40.0 Å². The van der Waals surface area contributed by atoms with Gasteiger partial charge in [-0.2, -0.15) is 0 Å². The van der Waals surface area contributed by atoms with Crippen LogP contribution in [0.4, 0.5) is 0 Å². The Morgan fingerprint density at radius 2 is 1.76 bits per heavy atom. The lowest BCUT2D eigenvalue weighted by Crippen LogP contribution is -2.25. The van der Waals surface area contributed by atoms with Crippen LogP contribution in [0.2, 0.25) is 0 Å². The number of aromatic nitrogens is 3. The molecule has 0 saturated heterocycles. The minimum Gasteiger partial charge on any atom is -0.283 e. The monoisotopic (exact) mass is 449 g/mol. The maximum absolute atomic E-state index is 13.8. The molecule has 0 atom stereocenters. The van der Waals surface area contributed by atoms with Crippen LogP contribution in [0, 0.1) is 13.8 Å². The lowest BCUT2D eigenvalue weighted by Gasteiger charge is -2.15. The van der Waals surface area contributed by atoms with E-state index in [1.165, 1.54) is 0 Å². The second-order valence-corrected chi connectivity index (χ2v) is 8.77. The van der Waals surface area contributed by atoms with Crippen LogP contribution in [-0.2, 0) is 6.42 Å². The lowest BCUT2D eigenvalue weighted by molar-refractivity contribution is 0.0965. The predicted octanol–water partition coefficient (Wildman–Crippen LogP) is 5.99. The summed E-state index contributed by atoms with van der Waals surface area (Å²) in [5.74, 6) is 0.685.